The molecule has 13 heteroatoms. The molecule has 3 aromatic rings. The van der Waals surface area contributed by atoms with Crippen LogP contribution in [0, 0.1) is 5.82 Å². The maximum atomic E-state index is 13.6. The number of hydrogen-bond acceptors (Lipinski definition) is 7. The second-order valence-electron chi connectivity index (χ2n) is 10.5. The minimum Gasteiger partial charge on any atom is -0.480 e. The molecule has 3 aromatic carbocycles. The Hall–Kier alpha value is -3.22. The largest absolute Gasteiger partial charge is 0.480 e. The van der Waals surface area contributed by atoms with Gasteiger partial charge in [0.15, 0.2) is 11.7 Å². The third-order valence-corrected chi connectivity index (χ3v) is 8.79. The van der Waals surface area contributed by atoms with Gasteiger partial charge in [-0.3, -0.25) is 9.59 Å². The van der Waals surface area contributed by atoms with E-state index in [0.717, 1.165) is 5.56 Å². The Morgan fingerprint density at radius 3 is 2.28 bits per heavy atom. The molecule has 1 unspecified atom stereocenters. The number of esters is 1. The lowest BCUT2D eigenvalue weighted by Crippen LogP contribution is -2.64. The number of rotatable bonds is 11. The van der Waals surface area contributed by atoms with Crippen LogP contribution >= 0.6 is 24.0 Å². The van der Waals surface area contributed by atoms with Gasteiger partial charge >= 0.3 is 5.97 Å². The summed E-state index contributed by atoms with van der Waals surface area (Å²) in [6, 6.07) is 17.4. The van der Waals surface area contributed by atoms with Crippen LogP contribution in [-0.4, -0.2) is 55.9 Å². The fourth-order valence-corrected chi connectivity index (χ4v) is 6.25. The van der Waals surface area contributed by atoms with E-state index in [1.165, 1.54) is 47.6 Å². The van der Waals surface area contributed by atoms with Gasteiger partial charge in [0.2, 0.25) is 10.0 Å². The molecule has 43 heavy (non-hydrogen) atoms. The molecule has 1 fully saturated rings. The SMILES string of the molecule is CC(C)NC(=O)C(C)OC(=O)[C@@H](N)Cc1cccc(S(=O)(=O)N2CC(Oc3ccc(F)cc3)(c3ccc(Cl)cc3)C2)c1.Cl. The molecule has 0 radical (unpaired) electrons. The first-order valence-corrected chi connectivity index (χ1v) is 15.2. The molecule has 1 aliphatic rings. The zero-order valence-corrected chi connectivity index (χ0v) is 26.2. The number of benzene rings is 3. The standard InChI is InChI=1S/C30H33ClFN3O6S.ClH/c1-19(2)34-28(36)20(3)40-29(37)27(33)16-21-5-4-6-26(15-21)42(38,39)35-17-30(18-35,22-7-9-23(31)10-8-22)41-25-13-11-24(32)12-14-25;/h4-15,19-20,27H,16-18,33H2,1-3H3,(H,34,36);1H/t20?,27-;/m0./s1. The van der Waals surface area contributed by atoms with Crippen LogP contribution in [0.3, 0.4) is 0 Å². The predicted molar refractivity (Wildman–Crippen MR) is 163 cm³/mol. The van der Waals surface area contributed by atoms with E-state index in [-0.39, 0.29) is 42.9 Å². The number of nitrogens with one attached hydrogen (secondary N) is 1. The highest BCUT2D eigenvalue weighted by atomic mass is 35.5. The van der Waals surface area contributed by atoms with E-state index < -0.39 is 45.5 Å². The number of hydrogen-bond donors (Lipinski definition) is 2. The first-order valence-electron chi connectivity index (χ1n) is 13.4. The maximum absolute atomic E-state index is 13.6. The molecular weight excluding hydrogens is 620 g/mol. The van der Waals surface area contributed by atoms with Crippen molar-refractivity contribution in [2.75, 3.05) is 13.1 Å². The average Bonchev–Trinajstić information content (AvgIpc) is 2.91. The van der Waals surface area contributed by atoms with Crippen LogP contribution in [0.25, 0.3) is 0 Å². The molecule has 2 atom stereocenters. The van der Waals surface area contributed by atoms with Crippen molar-refractivity contribution in [1.29, 1.82) is 0 Å². The van der Waals surface area contributed by atoms with Crippen molar-refractivity contribution < 1.29 is 31.9 Å². The second kappa shape index (κ2) is 14.0. The van der Waals surface area contributed by atoms with Crippen molar-refractivity contribution in [3.63, 3.8) is 0 Å². The van der Waals surface area contributed by atoms with E-state index in [1.807, 2.05) is 0 Å². The summed E-state index contributed by atoms with van der Waals surface area (Å²) >= 11 is 6.06. The molecule has 232 valence electrons. The highest BCUT2D eigenvalue weighted by Crippen LogP contribution is 2.40. The summed E-state index contributed by atoms with van der Waals surface area (Å²) in [5.74, 6) is -1.24. The highest BCUT2D eigenvalue weighted by molar-refractivity contribution is 7.89. The Kier molecular flexibility index (Phi) is 11.2. The third-order valence-electron chi connectivity index (χ3n) is 6.75. The van der Waals surface area contributed by atoms with E-state index in [9.17, 15) is 22.4 Å². The molecule has 0 aliphatic carbocycles. The molecule has 1 heterocycles. The van der Waals surface area contributed by atoms with Crippen LogP contribution < -0.4 is 15.8 Å². The summed E-state index contributed by atoms with van der Waals surface area (Å²) in [6.45, 7) is 5.03. The van der Waals surface area contributed by atoms with Gasteiger partial charge in [-0.25, -0.2) is 12.8 Å². The van der Waals surface area contributed by atoms with E-state index in [1.54, 1.807) is 50.2 Å². The van der Waals surface area contributed by atoms with Crippen LogP contribution in [-0.2, 0) is 36.4 Å². The minimum absolute atomic E-state index is 0. The number of nitrogens with two attached hydrogens (primary N) is 1. The lowest BCUT2D eigenvalue weighted by Gasteiger charge is -2.48. The van der Waals surface area contributed by atoms with Gasteiger partial charge < -0.3 is 20.5 Å². The third kappa shape index (κ3) is 8.24. The Bertz CT molecular complexity index is 1530. The molecule has 3 N–H and O–H groups in total. The molecule has 0 bridgehead atoms. The molecule has 0 spiro atoms. The average molecular weight is 655 g/mol. The number of halogens is 3. The van der Waals surface area contributed by atoms with Gasteiger partial charge in [0.05, 0.1) is 18.0 Å². The van der Waals surface area contributed by atoms with Gasteiger partial charge in [-0.1, -0.05) is 35.9 Å². The Morgan fingerprint density at radius 1 is 1.05 bits per heavy atom. The number of amides is 1. The molecule has 0 saturated carbocycles. The van der Waals surface area contributed by atoms with E-state index in [2.05, 4.69) is 5.32 Å². The fourth-order valence-electron chi connectivity index (χ4n) is 4.52. The lowest BCUT2D eigenvalue weighted by atomic mass is 9.87. The predicted octanol–water partition coefficient (Wildman–Crippen LogP) is 4.21. The molecule has 1 saturated heterocycles. The van der Waals surface area contributed by atoms with Crippen LogP contribution in [0.4, 0.5) is 4.39 Å². The quantitative estimate of drug-likeness (QED) is 0.297. The first-order chi connectivity index (χ1) is 19.8. The van der Waals surface area contributed by atoms with Gasteiger partial charge in [-0.15, -0.1) is 12.4 Å². The van der Waals surface area contributed by atoms with Crippen molar-refractivity contribution in [3.05, 3.63) is 94.8 Å². The number of carbonyl (C=O) groups excluding carboxylic acids is 2. The minimum atomic E-state index is -3.95. The second-order valence-corrected chi connectivity index (χ2v) is 12.9. The van der Waals surface area contributed by atoms with Crippen LogP contribution in [0.15, 0.2) is 77.7 Å². The van der Waals surface area contributed by atoms with Gasteiger partial charge in [-0.2, -0.15) is 4.31 Å². The van der Waals surface area contributed by atoms with Gasteiger partial charge in [0.1, 0.15) is 17.6 Å². The van der Waals surface area contributed by atoms with Crippen molar-refractivity contribution in [1.82, 2.24) is 9.62 Å². The summed E-state index contributed by atoms with van der Waals surface area (Å²) in [4.78, 5) is 24.6. The fraction of sp³-hybridized carbons (Fsp3) is 0.333. The van der Waals surface area contributed by atoms with E-state index in [0.29, 0.717) is 16.3 Å². The first kappa shape index (κ1) is 34.3. The molecule has 4 rings (SSSR count). The summed E-state index contributed by atoms with van der Waals surface area (Å²) in [6.07, 6.45) is -1.02. The van der Waals surface area contributed by atoms with Crippen molar-refractivity contribution >= 4 is 45.9 Å². The molecule has 0 aromatic heterocycles. The number of carbonyl (C=O) groups is 2. The zero-order chi connectivity index (χ0) is 30.7. The Balaban J connectivity index is 0.00000506. The van der Waals surface area contributed by atoms with Crippen molar-refractivity contribution in [3.8, 4) is 5.75 Å². The van der Waals surface area contributed by atoms with Gasteiger partial charge in [0.25, 0.3) is 5.91 Å². The maximum Gasteiger partial charge on any atom is 0.324 e. The zero-order valence-electron chi connectivity index (χ0n) is 23.8. The number of nitrogens with zero attached hydrogens (tertiary/aromatic N) is 1. The van der Waals surface area contributed by atoms with Crippen LogP contribution in [0.5, 0.6) is 5.75 Å². The summed E-state index contributed by atoms with van der Waals surface area (Å²) in [5, 5.41) is 3.18. The van der Waals surface area contributed by atoms with Crippen LogP contribution in [0.1, 0.15) is 31.9 Å². The summed E-state index contributed by atoms with van der Waals surface area (Å²) in [5.41, 5.74) is 6.24. The lowest BCUT2D eigenvalue weighted by molar-refractivity contribution is -0.156. The topological polar surface area (TPSA) is 128 Å². The molecule has 1 aliphatic heterocycles. The van der Waals surface area contributed by atoms with Crippen molar-refractivity contribution in [2.45, 2.75) is 55.9 Å². The van der Waals surface area contributed by atoms with E-state index in [4.69, 9.17) is 26.8 Å². The molecule has 1 amide bonds. The highest BCUT2D eigenvalue weighted by Gasteiger charge is 2.52. The Labute approximate surface area is 262 Å². The number of sulfonamides is 1. The summed E-state index contributed by atoms with van der Waals surface area (Å²) in [7, 11) is -3.95. The molecule has 9 nitrogen and oxygen atoms in total. The van der Waals surface area contributed by atoms with E-state index >= 15 is 0 Å². The Morgan fingerprint density at radius 2 is 1.67 bits per heavy atom. The van der Waals surface area contributed by atoms with Crippen LogP contribution in [0.2, 0.25) is 5.02 Å². The summed E-state index contributed by atoms with van der Waals surface area (Å²) < 4.78 is 53.4. The smallest absolute Gasteiger partial charge is 0.324 e. The number of ether oxygens (including phenoxy) is 2. The molecular formula is C30H34Cl2FN3O6S. The van der Waals surface area contributed by atoms with Gasteiger partial charge in [0, 0.05) is 11.1 Å². The normalized spacial score (nSPS) is 15.9. The van der Waals surface area contributed by atoms with Crippen molar-refractivity contribution in [2.24, 2.45) is 5.73 Å². The van der Waals surface area contributed by atoms with Gasteiger partial charge in [-0.05, 0) is 86.8 Å². The monoisotopic (exact) mass is 653 g/mol.